The minimum atomic E-state index is -3.58. The summed E-state index contributed by atoms with van der Waals surface area (Å²) in [4.78, 5) is 0.219. The van der Waals surface area contributed by atoms with Crippen LogP contribution in [0.2, 0.25) is 5.02 Å². The second-order valence-corrected chi connectivity index (χ2v) is 6.75. The molecule has 0 unspecified atom stereocenters. The van der Waals surface area contributed by atoms with Crippen molar-refractivity contribution in [3.63, 3.8) is 0 Å². The first-order valence-corrected chi connectivity index (χ1v) is 8.46. The number of hydrogen-bond donors (Lipinski definition) is 2. The fourth-order valence-corrected chi connectivity index (χ4v) is 3.31. The molecule has 3 N–H and O–H groups in total. The standard InChI is InChI=1S/C14H18ClN3O2S/c1-2-18-10-13(7-12(18)8-16)21(19,20)17-9-11-5-3-4-6-14(11)15/h3-7,10,17H,2,8-9,16H2,1H3. The van der Waals surface area contributed by atoms with E-state index in [9.17, 15) is 8.42 Å². The number of nitrogens with two attached hydrogens (primary N) is 1. The number of halogens is 1. The predicted molar refractivity (Wildman–Crippen MR) is 83.5 cm³/mol. The van der Waals surface area contributed by atoms with Gasteiger partial charge in [-0.25, -0.2) is 13.1 Å². The molecule has 0 bridgehead atoms. The molecule has 5 nitrogen and oxygen atoms in total. The number of aryl methyl sites for hydroxylation is 1. The van der Waals surface area contributed by atoms with Crippen molar-refractivity contribution in [2.45, 2.75) is 31.5 Å². The van der Waals surface area contributed by atoms with Gasteiger partial charge in [0.05, 0.1) is 4.90 Å². The number of nitrogens with one attached hydrogen (secondary N) is 1. The average Bonchev–Trinajstić information content (AvgIpc) is 2.90. The molecule has 0 aliphatic carbocycles. The molecule has 1 heterocycles. The maximum Gasteiger partial charge on any atom is 0.242 e. The number of benzene rings is 1. The Morgan fingerprint density at radius 1 is 1.33 bits per heavy atom. The van der Waals surface area contributed by atoms with Crippen molar-refractivity contribution in [3.8, 4) is 0 Å². The molecule has 0 amide bonds. The highest BCUT2D eigenvalue weighted by Gasteiger charge is 2.17. The zero-order valence-electron chi connectivity index (χ0n) is 11.7. The molecule has 0 fully saturated rings. The molecular formula is C14H18ClN3O2S. The van der Waals surface area contributed by atoms with E-state index < -0.39 is 10.0 Å². The van der Waals surface area contributed by atoms with Crippen LogP contribution >= 0.6 is 11.6 Å². The molecule has 21 heavy (non-hydrogen) atoms. The lowest BCUT2D eigenvalue weighted by atomic mass is 10.2. The van der Waals surface area contributed by atoms with Gasteiger partial charge in [-0.1, -0.05) is 29.8 Å². The molecule has 2 rings (SSSR count). The van der Waals surface area contributed by atoms with Crippen LogP contribution in [0.3, 0.4) is 0 Å². The molecule has 114 valence electrons. The lowest BCUT2D eigenvalue weighted by molar-refractivity contribution is 0.581. The Morgan fingerprint density at radius 2 is 2.05 bits per heavy atom. The Morgan fingerprint density at radius 3 is 2.62 bits per heavy atom. The van der Waals surface area contributed by atoms with E-state index in [4.69, 9.17) is 17.3 Å². The largest absolute Gasteiger partial charge is 0.349 e. The summed E-state index contributed by atoms with van der Waals surface area (Å²) in [5, 5.41) is 0.536. The summed E-state index contributed by atoms with van der Waals surface area (Å²) in [6.45, 7) is 3.06. The van der Waals surface area contributed by atoms with Gasteiger partial charge in [0.2, 0.25) is 10.0 Å². The smallest absolute Gasteiger partial charge is 0.242 e. The van der Waals surface area contributed by atoms with Crippen LogP contribution in [0.5, 0.6) is 0 Å². The normalized spacial score (nSPS) is 11.8. The van der Waals surface area contributed by atoms with Crippen LogP contribution in [0.25, 0.3) is 0 Å². The van der Waals surface area contributed by atoms with E-state index in [1.807, 2.05) is 17.6 Å². The maximum absolute atomic E-state index is 12.3. The van der Waals surface area contributed by atoms with E-state index in [1.165, 1.54) is 0 Å². The van der Waals surface area contributed by atoms with Crippen molar-refractivity contribution in [2.75, 3.05) is 0 Å². The molecule has 0 radical (unpaired) electrons. The topological polar surface area (TPSA) is 77.1 Å². The fraction of sp³-hybridized carbons (Fsp3) is 0.286. The van der Waals surface area contributed by atoms with E-state index in [0.29, 0.717) is 18.1 Å². The third kappa shape index (κ3) is 3.65. The van der Waals surface area contributed by atoms with Crippen LogP contribution in [0, 0.1) is 0 Å². The van der Waals surface area contributed by atoms with Crippen molar-refractivity contribution >= 4 is 21.6 Å². The first-order chi connectivity index (χ1) is 9.97. The lowest BCUT2D eigenvalue weighted by Crippen LogP contribution is -2.23. The number of hydrogen-bond acceptors (Lipinski definition) is 3. The third-order valence-electron chi connectivity index (χ3n) is 3.23. The summed E-state index contributed by atoms with van der Waals surface area (Å²) in [5.74, 6) is 0. The zero-order valence-corrected chi connectivity index (χ0v) is 13.3. The molecule has 0 aliphatic rings. The predicted octanol–water partition coefficient (Wildman–Crippen LogP) is 2.10. The van der Waals surface area contributed by atoms with Crippen LogP contribution in [0.4, 0.5) is 0 Å². The van der Waals surface area contributed by atoms with E-state index in [1.54, 1.807) is 30.5 Å². The Balaban J connectivity index is 2.19. The molecule has 0 aliphatic heterocycles. The first kappa shape index (κ1) is 16.0. The van der Waals surface area contributed by atoms with Gasteiger partial charge in [-0.05, 0) is 24.6 Å². The lowest BCUT2D eigenvalue weighted by Gasteiger charge is -2.06. The van der Waals surface area contributed by atoms with E-state index >= 15 is 0 Å². The van der Waals surface area contributed by atoms with E-state index in [2.05, 4.69) is 4.72 Å². The highest BCUT2D eigenvalue weighted by atomic mass is 35.5. The maximum atomic E-state index is 12.3. The van der Waals surface area contributed by atoms with Crippen LogP contribution in [0.15, 0.2) is 41.4 Å². The molecular weight excluding hydrogens is 310 g/mol. The van der Waals surface area contributed by atoms with Gasteiger partial charge in [0.25, 0.3) is 0 Å². The Kier molecular flexibility index (Phi) is 5.05. The van der Waals surface area contributed by atoms with E-state index in [0.717, 1.165) is 11.3 Å². The highest BCUT2D eigenvalue weighted by Crippen LogP contribution is 2.17. The van der Waals surface area contributed by atoms with Gasteiger partial charge in [-0.2, -0.15) is 0 Å². The number of sulfonamides is 1. The third-order valence-corrected chi connectivity index (χ3v) is 4.97. The summed E-state index contributed by atoms with van der Waals surface area (Å²) >= 11 is 6.02. The zero-order chi connectivity index (χ0) is 15.5. The van der Waals surface area contributed by atoms with Gasteiger partial charge in [-0.3, -0.25) is 0 Å². The first-order valence-electron chi connectivity index (χ1n) is 6.60. The summed E-state index contributed by atoms with van der Waals surface area (Å²) in [5.41, 5.74) is 7.13. The second kappa shape index (κ2) is 6.62. The van der Waals surface area contributed by atoms with Gasteiger partial charge in [0.15, 0.2) is 0 Å². The SMILES string of the molecule is CCn1cc(S(=O)(=O)NCc2ccccc2Cl)cc1CN. The number of aromatic nitrogens is 1. The van der Waals surface area contributed by atoms with Crippen molar-refractivity contribution in [1.82, 2.24) is 9.29 Å². The number of rotatable bonds is 6. The molecule has 0 saturated carbocycles. The van der Waals surface area contributed by atoms with Gasteiger partial charge >= 0.3 is 0 Å². The van der Waals surface area contributed by atoms with E-state index in [-0.39, 0.29) is 11.4 Å². The van der Waals surface area contributed by atoms with Gasteiger partial charge < -0.3 is 10.3 Å². The van der Waals surface area contributed by atoms with Gasteiger partial charge in [0.1, 0.15) is 0 Å². The molecule has 2 aromatic rings. The molecule has 0 spiro atoms. The second-order valence-electron chi connectivity index (χ2n) is 4.57. The summed E-state index contributed by atoms with van der Waals surface area (Å²) in [6.07, 6.45) is 1.59. The monoisotopic (exact) mass is 327 g/mol. The van der Waals surface area contributed by atoms with Crippen molar-refractivity contribution in [3.05, 3.63) is 52.8 Å². The number of nitrogens with zero attached hydrogens (tertiary/aromatic N) is 1. The molecule has 7 heteroatoms. The molecule has 0 atom stereocenters. The summed E-state index contributed by atoms with van der Waals surface area (Å²) in [7, 11) is -3.58. The molecule has 0 saturated heterocycles. The van der Waals surface area contributed by atoms with Crippen LogP contribution in [-0.4, -0.2) is 13.0 Å². The van der Waals surface area contributed by atoms with Crippen molar-refractivity contribution in [2.24, 2.45) is 5.73 Å². The van der Waals surface area contributed by atoms with Crippen LogP contribution < -0.4 is 10.5 Å². The Labute approximate surface area is 129 Å². The Bertz CT molecular complexity index is 704. The van der Waals surface area contributed by atoms with Crippen molar-refractivity contribution in [1.29, 1.82) is 0 Å². The average molecular weight is 328 g/mol. The molecule has 1 aromatic carbocycles. The van der Waals surface area contributed by atoms with Gasteiger partial charge in [0, 0.05) is 36.5 Å². The minimum absolute atomic E-state index is 0.150. The summed E-state index contributed by atoms with van der Waals surface area (Å²) < 4.78 is 29.0. The fourth-order valence-electron chi connectivity index (χ4n) is 2.04. The van der Waals surface area contributed by atoms with Crippen LogP contribution in [-0.2, 0) is 29.7 Å². The molecule has 1 aromatic heterocycles. The quantitative estimate of drug-likeness (QED) is 0.853. The minimum Gasteiger partial charge on any atom is -0.349 e. The highest BCUT2D eigenvalue weighted by molar-refractivity contribution is 7.89. The van der Waals surface area contributed by atoms with Gasteiger partial charge in [-0.15, -0.1) is 0 Å². The van der Waals surface area contributed by atoms with Crippen molar-refractivity contribution < 1.29 is 8.42 Å². The Hall–Kier alpha value is -1.34. The van der Waals surface area contributed by atoms with Crippen LogP contribution in [0.1, 0.15) is 18.2 Å². The summed E-state index contributed by atoms with van der Waals surface area (Å²) in [6, 6.07) is 8.72.